The predicted molar refractivity (Wildman–Crippen MR) is 66.3 cm³/mol. The van der Waals surface area contributed by atoms with Crippen LogP contribution in [-0.2, 0) is 16.0 Å². The van der Waals surface area contributed by atoms with Gasteiger partial charge in [-0.2, -0.15) is 0 Å². The van der Waals surface area contributed by atoms with Crippen molar-refractivity contribution in [1.29, 1.82) is 0 Å². The first-order valence-electron chi connectivity index (χ1n) is 5.86. The number of carboxylic acids is 1. The van der Waals surface area contributed by atoms with E-state index in [0.717, 1.165) is 0 Å². The summed E-state index contributed by atoms with van der Waals surface area (Å²) in [6.45, 7) is 0. The zero-order valence-electron chi connectivity index (χ0n) is 11.1. The summed E-state index contributed by atoms with van der Waals surface area (Å²) in [6.07, 6.45) is -0.705. The molecular formula is C13H13ClKNO4. The quantitative estimate of drug-likeness (QED) is 0.567. The molecule has 1 aliphatic rings. The molecule has 0 radical (unpaired) electrons. The molecule has 2 rings (SSSR count). The van der Waals surface area contributed by atoms with Crippen molar-refractivity contribution >= 4 is 23.5 Å². The maximum absolute atomic E-state index is 11.8. The molecule has 1 fully saturated rings. The number of hydrogen-bond acceptors (Lipinski definition) is 4. The van der Waals surface area contributed by atoms with Gasteiger partial charge in [-0.25, -0.2) is 0 Å². The molecule has 0 aromatic heterocycles. The topological polar surface area (TPSA) is 89.5 Å². The van der Waals surface area contributed by atoms with E-state index in [2.05, 4.69) is 5.32 Å². The zero-order valence-corrected chi connectivity index (χ0v) is 14.9. The molecule has 7 heteroatoms. The van der Waals surface area contributed by atoms with Crippen molar-refractivity contribution in [3.05, 3.63) is 34.9 Å². The summed E-state index contributed by atoms with van der Waals surface area (Å²) in [5, 5.41) is 23.2. The Bertz CT molecular complexity index is 517. The minimum Gasteiger partial charge on any atom is -0.548 e. The predicted octanol–water partition coefficient (Wildman–Crippen LogP) is -3.35. The Morgan fingerprint density at radius 2 is 2.10 bits per heavy atom. The molecule has 1 amide bonds. The molecule has 0 aliphatic heterocycles. The number of nitrogens with one attached hydrogen (secondary N) is 1. The molecule has 1 aromatic carbocycles. The summed E-state index contributed by atoms with van der Waals surface area (Å²) in [7, 11) is 0. The van der Waals surface area contributed by atoms with Gasteiger partial charge in [0.1, 0.15) is 0 Å². The van der Waals surface area contributed by atoms with Crippen LogP contribution >= 0.6 is 11.6 Å². The average Bonchev–Trinajstić information content (AvgIpc) is 2.26. The van der Waals surface area contributed by atoms with Crippen LogP contribution in [0, 0.1) is 0 Å². The van der Waals surface area contributed by atoms with Gasteiger partial charge in [0.2, 0.25) is 5.91 Å². The third-order valence-electron chi connectivity index (χ3n) is 3.19. The van der Waals surface area contributed by atoms with E-state index in [1.54, 1.807) is 24.3 Å². The number of aliphatic hydroxyl groups excluding tert-OH is 1. The molecule has 102 valence electrons. The van der Waals surface area contributed by atoms with Crippen molar-refractivity contribution in [2.24, 2.45) is 0 Å². The summed E-state index contributed by atoms with van der Waals surface area (Å²) in [6, 6.07) is 6.77. The number of aliphatic carboxylic acids is 1. The Morgan fingerprint density at radius 3 is 2.60 bits per heavy atom. The minimum absolute atomic E-state index is 0. The molecule has 20 heavy (non-hydrogen) atoms. The van der Waals surface area contributed by atoms with Crippen LogP contribution in [0.5, 0.6) is 0 Å². The van der Waals surface area contributed by atoms with E-state index < -0.39 is 23.5 Å². The van der Waals surface area contributed by atoms with Crippen molar-refractivity contribution in [1.82, 2.24) is 5.32 Å². The number of benzene rings is 1. The van der Waals surface area contributed by atoms with Crippen molar-refractivity contribution in [3.63, 3.8) is 0 Å². The summed E-state index contributed by atoms with van der Waals surface area (Å²) in [4.78, 5) is 22.8. The van der Waals surface area contributed by atoms with Crippen LogP contribution in [0.3, 0.4) is 0 Å². The third-order valence-corrected chi connectivity index (χ3v) is 3.43. The van der Waals surface area contributed by atoms with Gasteiger partial charge in [0.15, 0.2) is 0 Å². The second kappa shape index (κ2) is 7.35. The van der Waals surface area contributed by atoms with Crippen LogP contribution in [0.4, 0.5) is 0 Å². The molecule has 2 N–H and O–H groups in total. The van der Waals surface area contributed by atoms with Gasteiger partial charge >= 0.3 is 51.4 Å². The average molecular weight is 322 g/mol. The number of amides is 1. The number of hydrogen-bond donors (Lipinski definition) is 2. The molecule has 5 nitrogen and oxygen atoms in total. The molecular weight excluding hydrogens is 309 g/mol. The molecule has 0 saturated heterocycles. The fourth-order valence-electron chi connectivity index (χ4n) is 2.21. The molecule has 1 saturated carbocycles. The first-order chi connectivity index (χ1) is 8.91. The normalized spacial score (nSPS) is 24.2. The second-order valence-electron chi connectivity index (χ2n) is 4.79. The van der Waals surface area contributed by atoms with E-state index in [1.807, 2.05) is 0 Å². The van der Waals surface area contributed by atoms with Crippen LogP contribution in [0.15, 0.2) is 24.3 Å². The largest absolute Gasteiger partial charge is 1.00 e. The van der Waals surface area contributed by atoms with Gasteiger partial charge in [-0.3, -0.25) is 4.79 Å². The smallest absolute Gasteiger partial charge is 0.548 e. The minimum atomic E-state index is -1.44. The summed E-state index contributed by atoms with van der Waals surface area (Å²) in [5.74, 6) is -1.80. The Morgan fingerprint density at radius 1 is 1.45 bits per heavy atom. The van der Waals surface area contributed by atoms with E-state index >= 15 is 0 Å². The molecule has 0 heterocycles. The van der Waals surface area contributed by atoms with Gasteiger partial charge in [-0.15, -0.1) is 0 Å². The molecule has 0 unspecified atom stereocenters. The van der Waals surface area contributed by atoms with Crippen LogP contribution in [-0.4, -0.2) is 28.6 Å². The van der Waals surface area contributed by atoms with Gasteiger partial charge < -0.3 is 20.3 Å². The van der Waals surface area contributed by atoms with Crippen LogP contribution in [0.1, 0.15) is 18.4 Å². The number of aliphatic hydroxyl groups is 1. The fraction of sp³-hybridized carbons (Fsp3) is 0.385. The van der Waals surface area contributed by atoms with Crippen LogP contribution in [0.2, 0.25) is 5.02 Å². The third kappa shape index (κ3) is 4.27. The van der Waals surface area contributed by atoms with Gasteiger partial charge in [0.05, 0.1) is 24.0 Å². The monoisotopic (exact) mass is 321 g/mol. The molecule has 0 bridgehead atoms. The van der Waals surface area contributed by atoms with Crippen molar-refractivity contribution in [2.75, 3.05) is 0 Å². The molecule has 1 aliphatic carbocycles. The first kappa shape index (κ1) is 18.1. The Kier molecular flexibility index (Phi) is 6.65. The van der Waals surface area contributed by atoms with Gasteiger partial charge in [0.25, 0.3) is 0 Å². The van der Waals surface area contributed by atoms with Gasteiger partial charge in [0, 0.05) is 17.9 Å². The van der Waals surface area contributed by atoms with Gasteiger partial charge in [-0.05, 0) is 17.7 Å². The van der Waals surface area contributed by atoms with Crippen molar-refractivity contribution < 1.29 is 71.2 Å². The van der Waals surface area contributed by atoms with Crippen molar-refractivity contribution in [3.8, 4) is 0 Å². The Labute approximate surface area is 164 Å². The molecule has 0 spiro atoms. The van der Waals surface area contributed by atoms with E-state index in [4.69, 9.17) is 11.6 Å². The van der Waals surface area contributed by atoms with Crippen LogP contribution < -0.4 is 61.8 Å². The van der Waals surface area contributed by atoms with E-state index in [9.17, 15) is 19.8 Å². The first-order valence-corrected chi connectivity index (χ1v) is 6.24. The Balaban J connectivity index is 0.00000200. The van der Waals surface area contributed by atoms with E-state index in [-0.39, 0.29) is 70.6 Å². The Hall–Kier alpha value is 0.0464. The second-order valence-corrected chi connectivity index (χ2v) is 5.22. The number of carbonyl (C=O) groups excluding carboxylic acids is 2. The summed E-state index contributed by atoms with van der Waals surface area (Å²) in [5.41, 5.74) is -0.743. The number of halogens is 1. The fourth-order valence-corrected chi connectivity index (χ4v) is 2.42. The molecule has 1 aromatic rings. The maximum atomic E-state index is 11.8. The maximum Gasteiger partial charge on any atom is 1.00 e. The van der Waals surface area contributed by atoms with E-state index in [0.29, 0.717) is 10.6 Å². The SMILES string of the molecule is O=C(Cc1cccc(Cl)c1)NC1(C(=O)[O-])CC(O)C1.[K+]. The number of carboxylic acid groups (broad SMARTS) is 1. The van der Waals surface area contributed by atoms with Crippen LogP contribution in [0.25, 0.3) is 0 Å². The van der Waals surface area contributed by atoms with Crippen molar-refractivity contribution in [2.45, 2.75) is 30.9 Å². The summed E-state index contributed by atoms with van der Waals surface area (Å²) >= 11 is 5.80. The summed E-state index contributed by atoms with van der Waals surface area (Å²) < 4.78 is 0. The van der Waals surface area contributed by atoms with E-state index in [1.165, 1.54) is 0 Å². The number of rotatable bonds is 4. The molecule has 0 atom stereocenters. The number of carbonyl (C=O) groups is 2. The zero-order chi connectivity index (χ0) is 14.0. The van der Waals surface area contributed by atoms with Gasteiger partial charge in [-0.1, -0.05) is 23.7 Å². The standard InChI is InChI=1S/C13H14ClNO4.K/c14-9-3-1-2-8(4-9)5-11(17)15-13(12(18)19)6-10(16)7-13;/h1-4,10,16H,5-7H2,(H,15,17)(H,18,19);/q;+1/p-1.